The van der Waals surface area contributed by atoms with Crippen molar-refractivity contribution >= 4 is 32.7 Å². The number of nitrogen functional groups attached to an aromatic ring is 1. The number of fused-ring (bicyclic) bond motifs is 1. The summed E-state index contributed by atoms with van der Waals surface area (Å²) in [6.45, 7) is 2.29. The summed E-state index contributed by atoms with van der Waals surface area (Å²) in [5.74, 6) is -0.406. The van der Waals surface area contributed by atoms with Crippen molar-refractivity contribution < 1.29 is 4.42 Å². The van der Waals surface area contributed by atoms with Crippen LogP contribution in [0.5, 0.6) is 0 Å². The number of anilines is 1. The van der Waals surface area contributed by atoms with Gasteiger partial charge < -0.3 is 10.2 Å². The van der Waals surface area contributed by atoms with E-state index in [1.54, 1.807) is 27.4 Å². The number of aromatic nitrogens is 3. The number of hydrogen-bond acceptors (Lipinski definition) is 4. The van der Waals surface area contributed by atoms with Crippen LogP contribution in [-0.4, -0.2) is 14.3 Å². The van der Waals surface area contributed by atoms with E-state index in [-0.39, 0.29) is 0 Å². The molecule has 0 saturated carbocycles. The molecular weight excluding hydrogens is 324 g/mol. The van der Waals surface area contributed by atoms with Crippen LogP contribution in [0.25, 0.3) is 11.1 Å². The number of hydrogen-bond donors (Lipinski definition) is 1. The van der Waals surface area contributed by atoms with Crippen LogP contribution in [0.4, 0.5) is 5.69 Å². The molecule has 0 unspecified atom stereocenters. The summed E-state index contributed by atoms with van der Waals surface area (Å²) in [6, 6.07) is 5.18. The monoisotopic (exact) mass is 336 g/mol. The third-order valence-corrected chi connectivity index (χ3v) is 4.29. The minimum absolute atomic E-state index is 0.383. The summed E-state index contributed by atoms with van der Waals surface area (Å²) >= 11 is 3.50. The largest absolute Gasteiger partial charge is 0.420 e. The minimum Gasteiger partial charge on any atom is -0.408 e. The van der Waals surface area contributed by atoms with Gasteiger partial charge in [0.25, 0.3) is 0 Å². The summed E-state index contributed by atoms with van der Waals surface area (Å²) in [5, 5.41) is 4.32. The van der Waals surface area contributed by atoms with Crippen molar-refractivity contribution in [3.63, 3.8) is 0 Å². The predicted molar refractivity (Wildman–Crippen MR) is 79.6 cm³/mol. The van der Waals surface area contributed by atoms with Gasteiger partial charge in [0.1, 0.15) is 0 Å². The second kappa shape index (κ2) is 4.52. The van der Waals surface area contributed by atoms with Crippen molar-refractivity contribution in [2.45, 2.75) is 13.5 Å². The van der Waals surface area contributed by atoms with Gasteiger partial charge in [0.2, 0.25) is 0 Å². The predicted octanol–water partition coefficient (Wildman–Crippen LogP) is 2.03. The SMILES string of the molecule is Cc1nn(C)c(Cn2c(=O)oc3cc(N)ccc32)c1Br. The van der Waals surface area contributed by atoms with E-state index in [0.717, 1.165) is 21.4 Å². The van der Waals surface area contributed by atoms with E-state index >= 15 is 0 Å². The molecule has 0 aliphatic heterocycles. The molecule has 6 nitrogen and oxygen atoms in total. The summed E-state index contributed by atoms with van der Waals surface area (Å²) in [4.78, 5) is 12.0. The molecule has 2 heterocycles. The van der Waals surface area contributed by atoms with Gasteiger partial charge in [-0.1, -0.05) is 0 Å². The maximum absolute atomic E-state index is 12.0. The Morgan fingerprint density at radius 1 is 1.45 bits per heavy atom. The van der Waals surface area contributed by atoms with E-state index < -0.39 is 5.76 Å². The lowest BCUT2D eigenvalue weighted by Gasteiger charge is -2.04. The van der Waals surface area contributed by atoms with Crippen LogP contribution in [0.1, 0.15) is 11.4 Å². The van der Waals surface area contributed by atoms with Gasteiger partial charge in [-0.15, -0.1) is 0 Å². The highest BCUT2D eigenvalue weighted by Gasteiger charge is 2.15. The molecule has 0 bridgehead atoms. The Balaban J connectivity index is 2.16. The molecule has 0 spiro atoms. The van der Waals surface area contributed by atoms with Gasteiger partial charge in [-0.05, 0) is 35.0 Å². The van der Waals surface area contributed by atoms with Crippen LogP contribution >= 0.6 is 15.9 Å². The smallest absolute Gasteiger partial charge is 0.408 e. The highest BCUT2D eigenvalue weighted by Crippen LogP contribution is 2.23. The molecule has 20 heavy (non-hydrogen) atoms. The first-order valence-electron chi connectivity index (χ1n) is 6.04. The van der Waals surface area contributed by atoms with Gasteiger partial charge >= 0.3 is 5.76 Å². The topological polar surface area (TPSA) is 79.0 Å². The van der Waals surface area contributed by atoms with Crippen molar-refractivity contribution in [1.29, 1.82) is 0 Å². The average Bonchev–Trinajstić information content (AvgIpc) is 2.81. The van der Waals surface area contributed by atoms with Crippen LogP contribution < -0.4 is 11.5 Å². The number of halogens is 1. The summed E-state index contributed by atoms with van der Waals surface area (Å²) in [5.41, 5.74) is 9.26. The molecule has 7 heteroatoms. The van der Waals surface area contributed by atoms with Crippen molar-refractivity contribution in [3.8, 4) is 0 Å². The number of benzene rings is 1. The zero-order chi connectivity index (χ0) is 14.4. The maximum atomic E-state index is 12.0. The van der Waals surface area contributed by atoms with Crippen molar-refractivity contribution in [2.24, 2.45) is 7.05 Å². The number of nitrogens with zero attached hydrogens (tertiary/aromatic N) is 3. The summed E-state index contributed by atoms with van der Waals surface area (Å²) in [7, 11) is 1.85. The van der Waals surface area contributed by atoms with E-state index in [2.05, 4.69) is 21.0 Å². The highest BCUT2D eigenvalue weighted by atomic mass is 79.9. The molecule has 1 aromatic carbocycles. The van der Waals surface area contributed by atoms with Crippen LogP contribution in [0.3, 0.4) is 0 Å². The Kier molecular flexibility index (Phi) is 2.93. The fourth-order valence-electron chi connectivity index (χ4n) is 2.23. The van der Waals surface area contributed by atoms with E-state index in [1.807, 2.05) is 14.0 Å². The Morgan fingerprint density at radius 2 is 2.20 bits per heavy atom. The van der Waals surface area contributed by atoms with E-state index in [9.17, 15) is 4.79 Å². The van der Waals surface area contributed by atoms with Crippen molar-refractivity contribution in [2.75, 3.05) is 5.73 Å². The lowest BCUT2D eigenvalue weighted by Crippen LogP contribution is -2.17. The Bertz CT molecular complexity index is 859. The molecule has 0 amide bonds. The zero-order valence-corrected chi connectivity index (χ0v) is 12.6. The molecule has 0 radical (unpaired) electrons. The van der Waals surface area contributed by atoms with E-state index in [4.69, 9.17) is 10.2 Å². The molecule has 104 valence electrons. The molecule has 2 aromatic heterocycles. The number of rotatable bonds is 2. The van der Waals surface area contributed by atoms with Gasteiger partial charge in [0, 0.05) is 18.8 Å². The van der Waals surface area contributed by atoms with Crippen molar-refractivity contribution in [3.05, 3.63) is 44.6 Å². The first-order valence-corrected chi connectivity index (χ1v) is 6.83. The fourth-order valence-corrected chi connectivity index (χ4v) is 2.70. The molecule has 0 saturated heterocycles. The lowest BCUT2D eigenvalue weighted by molar-refractivity contribution is 0.511. The van der Waals surface area contributed by atoms with Crippen LogP contribution in [0.2, 0.25) is 0 Å². The third-order valence-electron chi connectivity index (χ3n) is 3.26. The quantitative estimate of drug-likeness (QED) is 0.726. The minimum atomic E-state index is -0.406. The molecule has 0 aliphatic carbocycles. The molecule has 3 rings (SSSR count). The molecular formula is C13H13BrN4O2. The van der Waals surface area contributed by atoms with Gasteiger partial charge in [0.15, 0.2) is 5.58 Å². The lowest BCUT2D eigenvalue weighted by atomic mass is 10.3. The van der Waals surface area contributed by atoms with Crippen LogP contribution in [0.15, 0.2) is 31.9 Å². The molecule has 0 fully saturated rings. The molecule has 0 atom stereocenters. The number of oxazole rings is 1. The second-order valence-corrected chi connectivity index (χ2v) is 5.44. The van der Waals surface area contributed by atoms with Gasteiger partial charge in [0.05, 0.1) is 27.9 Å². The normalized spacial score (nSPS) is 11.3. The van der Waals surface area contributed by atoms with Gasteiger partial charge in [-0.2, -0.15) is 5.10 Å². The molecule has 3 aromatic rings. The fraction of sp³-hybridized carbons (Fsp3) is 0.231. The number of nitrogens with two attached hydrogens (primary N) is 1. The standard InChI is InChI=1S/C13H13BrN4O2/c1-7-12(14)10(17(2)16-7)6-18-9-4-3-8(15)5-11(9)20-13(18)19/h3-5H,6,15H2,1-2H3. The summed E-state index contributed by atoms with van der Waals surface area (Å²) in [6.07, 6.45) is 0. The second-order valence-electron chi connectivity index (χ2n) is 4.65. The van der Waals surface area contributed by atoms with Crippen molar-refractivity contribution in [1.82, 2.24) is 14.3 Å². The zero-order valence-electron chi connectivity index (χ0n) is 11.1. The Labute approximate surface area is 122 Å². The van der Waals surface area contributed by atoms with Crippen LogP contribution in [0, 0.1) is 6.92 Å². The summed E-state index contributed by atoms with van der Waals surface area (Å²) < 4.78 is 9.44. The Hall–Kier alpha value is -2.02. The maximum Gasteiger partial charge on any atom is 0.420 e. The first kappa shape index (κ1) is 13.0. The van der Waals surface area contributed by atoms with E-state index in [1.165, 1.54) is 0 Å². The molecule has 0 aliphatic rings. The average molecular weight is 337 g/mol. The first-order chi connectivity index (χ1) is 9.47. The molecule has 2 N–H and O–H groups in total. The third kappa shape index (κ3) is 1.94. The Morgan fingerprint density at radius 3 is 2.85 bits per heavy atom. The van der Waals surface area contributed by atoms with E-state index in [0.29, 0.717) is 17.8 Å². The van der Waals surface area contributed by atoms with Gasteiger partial charge in [-0.3, -0.25) is 9.25 Å². The highest BCUT2D eigenvalue weighted by molar-refractivity contribution is 9.10. The van der Waals surface area contributed by atoms with Gasteiger partial charge in [-0.25, -0.2) is 4.79 Å². The van der Waals surface area contributed by atoms with Crippen LogP contribution in [-0.2, 0) is 13.6 Å². The number of aryl methyl sites for hydroxylation is 2.